The molecule has 7 heteroatoms. The fourth-order valence-electron chi connectivity index (χ4n) is 2.20. The lowest BCUT2D eigenvalue weighted by molar-refractivity contribution is 0.100. The average molecular weight is 275 g/mol. The predicted octanol–water partition coefficient (Wildman–Crippen LogP) is 1.51. The number of carbonyl (C=O) groups excluding carboxylic acids is 1. The van der Waals surface area contributed by atoms with Crippen molar-refractivity contribution in [3.05, 3.63) is 29.3 Å². The third kappa shape index (κ3) is 1.66. The molecule has 3 heterocycles. The van der Waals surface area contributed by atoms with Gasteiger partial charge in [0.05, 0.1) is 22.3 Å². The van der Waals surface area contributed by atoms with Crippen LogP contribution in [0.3, 0.4) is 0 Å². The zero-order valence-corrected chi connectivity index (χ0v) is 11.7. The number of rotatable bonds is 2. The largest absolute Gasteiger partial charge is 0.365 e. The third-order valence-electron chi connectivity index (χ3n) is 3.22. The van der Waals surface area contributed by atoms with Crippen molar-refractivity contribution < 1.29 is 4.79 Å². The number of carbonyl (C=O) groups is 1. The highest BCUT2D eigenvalue weighted by Crippen LogP contribution is 2.34. The number of nitrogens with zero attached hydrogens (tertiary/aromatic N) is 4. The monoisotopic (exact) mass is 275 g/mol. The zero-order valence-electron chi connectivity index (χ0n) is 10.8. The Kier molecular flexibility index (Phi) is 2.46. The fraction of sp³-hybridized carbons (Fsp3) is 0.250. The molecule has 3 rings (SSSR count). The summed E-state index contributed by atoms with van der Waals surface area (Å²) < 4.78 is 3.54. The van der Waals surface area contributed by atoms with Crippen LogP contribution < -0.4 is 5.73 Å². The summed E-state index contributed by atoms with van der Waals surface area (Å²) in [6.45, 7) is 3.99. The molecule has 0 aliphatic rings. The van der Waals surface area contributed by atoms with Crippen LogP contribution in [0.1, 0.15) is 21.7 Å². The van der Waals surface area contributed by atoms with Crippen molar-refractivity contribution in [2.45, 2.75) is 13.8 Å². The van der Waals surface area contributed by atoms with Crippen LogP contribution in [0.25, 0.3) is 15.3 Å². The number of nitrogens with two attached hydrogens (primary N) is 1. The summed E-state index contributed by atoms with van der Waals surface area (Å²) in [6, 6.07) is 0. The topological polar surface area (TPSA) is 78.2 Å². The van der Waals surface area contributed by atoms with Gasteiger partial charge in [0, 0.05) is 24.5 Å². The van der Waals surface area contributed by atoms with Gasteiger partial charge in [0.25, 0.3) is 5.91 Å². The Hall–Kier alpha value is -2.15. The van der Waals surface area contributed by atoms with E-state index in [1.54, 1.807) is 4.52 Å². The summed E-state index contributed by atoms with van der Waals surface area (Å²) in [7, 11) is 1.92. The number of amides is 1. The Labute approximate surface area is 113 Å². The lowest BCUT2D eigenvalue weighted by Crippen LogP contribution is -2.09. The molecule has 0 spiro atoms. The number of thiazole rings is 1. The first kappa shape index (κ1) is 11.9. The number of aromatic nitrogens is 4. The number of hydrogen-bond donors (Lipinski definition) is 1. The van der Waals surface area contributed by atoms with Crippen LogP contribution in [0.5, 0.6) is 0 Å². The summed E-state index contributed by atoms with van der Waals surface area (Å²) in [5.74, 6) is -0.456. The number of aryl methyl sites for hydroxylation is 2. The summed E-state index contributed by atoms with van der Waals surface area (Å²) in [5, 5.41) is 8.55. The molecule has 6 nitrogen and oxygen atoms in total. The lowest BCUT2D eigenvalue weighted by atomic mass is 10.2. The summed E-state index contributed by atoms with van der Waals surface area (Å²) in [5.41, 5.74) is 8.93. The zero-order chi connectivity index (χ0) is 13.7. The molecule has 0 radical (unpaired) electrons. The summed E-state index contributed by atoms with van der Waals surface area (Å²) in [4.78, 5) is 13.1. The van der Waals surface area contributed by atoms with Crippen molar-refractivity contribution in [1.82, 2.24) is 19.4 Å². The molecule has 0 aliphatic heterocycles. The van der Waals surface area contributed by atoms with Gasteiger partial charge in [-0.15, -0.1) is 11.3 Å². The smallest absolute Gasteiger partial charge is 0.253 e. The summed E-state index contributed by atoms with van der Waals surface area (Å²) >= 11 is 1.50. The number of hydrogen-bond acceptors (Lipinski definition) is 4. The van der Waals surface area contributed by atoms with E-state index in [-0.39, 0.29) is 0 Å². The highest BCUT2D eigenvalue weighted by Gasteiger charge is 2.18. The molecule has 2 N–H and O–H groups in total. The lowest BCUT2D eigenvalue weighted by Gasteiger charge is -1.96. The van der Waals surface area contributed by atoms with Crippen molar-refractivity contribution in [2.75, 3.05) is 0 Å². The molecule has 98 valence electrons. The van der Waals surface area contributed by atoms with Crippen molar-refractivity contribution in [2.24, 2.45) is 12.8 Å². The van der Waals surface area contributed by atoms with Gasteiger partial charge in [-0.05, 0) is 13.8 Å². The van der Waals surface area contributed by atoms with Gasteiger partial charge in [-0.1, -0.05) is 0 Å². The quantitative estimate of drug-likeness (QED) is 0.770. The van der Waals surface area contributed by atoms with Gasteiger partial charge < -0.3 is 5.73 Å². The van der Waals surface area contributed by atoms with Gasteiger partial charge in [-0.3, -0.25) is 9.48 Å². The molecule has 3 aromatic heterocycles. The second kappa shape index (κ2) is 3.92. The van der Waals surface area contributed by atoms with Crippen LogP contribution >= 0.6 is 11.3 Å². The van der Waals surface area contributed by atoms with Crippen molar-refractivity contribution in [3.8, 4) is 10.4 Å². The standard InChI is InChI=1S/C12H13N5OS/c1-6-10(7(2)16(3)15-6)9-5-17-12(19-9)8(4-14-17)11(13)18/h4-5H,1-3H3,(H2,13,18). The third-order valence-corrected chi connectivity index (χ3v) is 4.35. The minimum Gasteiger partial charge on any atom is -0.365 e. The highest BCUT2D eigenvalue weighted by molar-refractivity contribution is 7.21. The van der Waals surface area contributed by atoms with Crippen LogP contribution in [0.15, 0.2) is 12.4 Å². The molecule has 0 aliphatic carbocycles. The van der Waals surface area contributed by atoms with Gasteiger partial charge in [0.15, 0.2) is 0 Å². The first-order valence-electron chi connectivity index (χ1n) is 5.76. The van der Waals surface area contributed by atoms with E-state index in [9.17, 15) is 4.79 Å². The van der Waals surface area contributed by atoms with Gasteiger partial charge >= 0.3 is 0 Å². The van der Waals surface area contributed by atoms with Crippen LogP contribution in [0, 0.1) is 13.8 Å². The molecule has 0 saturated carbocycles. The normalized spacial score (nSPS) is 11.3. The first-order valence-corrected chi connectivity index (χ1v) is 6.58. The van der Waals surface area contributed by atoms with Gasteiger partial charge in [-0.2, -0.15) is 10.2 Å². The second-order valence-corrected chi connectivity index (χ2v) is 5.47. The van der Waals surface area contributed by atoms with E-state index in [0.29, 0.717) is 5.56 Å². The highest BCUT2D eigenvalue weighted by atomic mass is 32.1. The average Bonchev–Trinajstić information content (AvgIpc) is 2.93. The fourth-order valence-corrected chi connectivity index (χ4v) is 3.42. The van der Waals surface area contributed by atoms with E-state index in [4.69, 9.17) is 5.73 Å². The minimum absolute atomic E-state index is 0.454. The summed E-state index contributed by atoms with van der Waals surface area (Å²) in [6.07, 6.45) is 3.41. The molecule has 0 saturated heterocycles. The van der Waals surface area contributed by atoms with Crippen LogP contribution in [-0.2, 0) is 7.05 Å². The molecular formula is C12H13N5OS. The maximum Gasteiger partial charge on any atom is 0.253 e. The maximum atomic E-state index is 11.3. The molecule has 0 bridgehead atoms. The first-order chi connectivity index (χ1) is 8.99. The van der Waals surface area contributed by atoms with E-state index in [1.165, 1.54) is 17.5 Å². The van der Waals surface area contributed by atoms with E-state index in [0.717, 1.165) is 26.7 Å². The van der Waals surface area contributed by atoms with E-state index in [2.05, 4.69) is 10.2 Å². The molecule has 1 amide bonds. The van der Waals surface area contributed by atoms with Gasteiger partial charge in [0.2, 0.25) is 0 Å². The van der Waals surface area contributed by atoms with E-state index >= 15 is 0 Å². The van der Waals surface area contributed by atoms with Gasteiger partial charge in [-0.25, -0.2) is 4.52 Å². The minimum atomic E-state index is -0.456. The molecule has 19 heavy (non-hydrogen) atoms. The molecule has 3 aromatic rings. The number of fused-ring (bicyclic) bond motifs is 1. The molecular weight excluding hydrogens is 262 g/mol. The Bertz CT molecular complexity index is 795. The molecule has 0 atom stereocenters. The van der Waals surface area contributed by atoms with E-state index in [1.807, 2.05) is 31.8 Å². The Morgan fingerprint density at radius 1 is 1.42 bits per heavy atom. The second-order valence-electron chi connectivity index (χ2n) is 4.44. The molecule has 0 aromatic carbocycles. The SMILES string of the molecule is Cc1nn(C)c(C)c1-c1cn2ncc(C(N)=O)c2s1. The Morgan fingerprint density at radius 3 is 2.74 bits per heavy atom. The van der Waals surface area contributed by atoms with E-state index < -0.39 is 5.91 Å². The predicted molar refractivity (Wildman–Crippen MR) is 73.3 cm³/mol. The van der Waals surface area contributed by atoms with Crippen LogP contribution in [0.4, 0.5) is 0 Å². The van der Waals surface area contributed by atoms with Crippen LogP contribution in [0.2, 0.25) is 0 Å². The van der Waals surface area contributed by atoms with Crippen molar-refractivity contribution >= 4 is 22.1 Å². The maximum absolute atomic E-state index is 11.3. The Morgan fingerprint density at radius 2 is 2.16 bits per heavy atom. The molecule has 0 fully saturated rings. The van der Waals surface area contributed by atoms with Gasteiger partial charge in [0.1, 0.15) is 4.83 Å². The Balaban J connectivity index is 2.24. The van der Waals surface area contributed by atoms with Crippen molar-refractivity contribution in [1.29, 1.82) is 0 Å². The molecule has 0 unspecified atom stereocenters. The van der Waals surface area contributed by atoms with Crippen LogP contribution in [-0.4, -0.2) is 25.3 Å². The number of primary amides is 1. The van der Waals surface area contributed by atoms with Crippen molar-refractivity contribution in [3.63, 3.8) is 0 Å².